The third-order valence-corrected chi connectivity index (χ3v) is 6.42. The summed E-state index contributed by atoms with van der Waals surface area (Å²) in [5, 5.41) is 2.92. The maximum absolute atomic E-state index is 13.4. The van der Waals surface area contributed by atoms with Crippen molar-refractivity contribution in [3.63, 3.8) is 0 Å². The number of rotatable bonds is 2. The number of nitrogens with one attached hydrogen (secondary N) is 1. The molecule has 1 saturated heterocycles. The van der Waals surface area contributed by atoms with E-state index in [0.29, 0.717) is 6.42 Å². The number of fused-ring (bicyclic) bond motifs is 3. The van der Waals surface area contributed by atoms with Crippen LogP contribution in [0.15, 0.2) is 48.5 Å². The molecule has 0 unspecified atom stereocenters. The molecule has 0 radical (unpaired) electrons. The van der Waals surface area contributed by atoms with Crippen LogP contribution in [-0.2, 0) is 28.0 Å². The zero-order valence-electron chi connectivity index (χ0n) is 16.4. The van der Waals surface area contributed by atoms with Crippen LogP contribution in [0.5, 0.6) is 0 Å². The second-order valence-electron chi connectivity index (χ2n) is 8.18. The molecule has 6 nitrogen and oxygen atoms in total. The SMILES string of the molecule is C[C@@H]1Cc2ccccc2N1C(=O)CN1C(=O)N[C@]2(CCCc3ccccc32)C1=O. The van der Waals surface area contributed by atoms with E-state index in [1.807, 2.05) is 55.5 Å². The van der Waals surface area contributed by atoms with Gasteiger partial charge in [-0.25, -0.2) is 4.79 Å². The fourth-order valence-electron chi connectivity index (χ4n) is 5.11. The molecule has 2 aromatic rings. The molecular formula is C23H23N3O3. The van der Waals surface area contributed by atoms with Crippen molar-refractivity contribution in [2.24, 2.45) is 0 Å². The second kappa shape index (κ2) is 6.44. The maximum atomic E-state index is 13.4. The van der Waals surface area contributed by atoms with Crippen LogP contribution < -0.4 is 10.2 Å². The molecule has 2 aliphatic heterocycles. The molecule has 6 heteroatoms. The van der Waals surface area contributed by atoms with E-state index in [2.05, 4.69) is 5.32 Å². The summed E-state index contributed by atoms with van der Waals surface area (Å²) in [4.78, 5) is 42.1. The zero-order chi connectivity index (χ0) is 20.2. The Morgan fingerprint density at radius 1 is 1.10 bits per heavy atom. The quantitative estimate of drug-likeness (QED) is 0.803. The lowest BCUT2D eigenvalue weighted by molar-refractivity contribution is -0.135. The number of para-hydroxylation sites is 1. The first-order valence-electron chi connectivity index (χ1n) is 10.1. The minimum Gasteiger partial charge on any atom is -0.319 e. The van der Waals surface area contributed by atoms with Crippen LogP contribution in [0.25, 0.3) is 0 Å². The van der Waals surface area contributed by atoms with E-state index in [4.69, 9.17) is 0 Å². The summed E-state index contributed by atoms with van der Waals surface area (Å²) in [5.41, 5.74) is 2.89. The molecule has 29 heavy (non-hydrogen) atoms. The van der Waals surface area contributed by atoms with Crippen molar-refractivity contribution in [3.8, 4) is 0 Å². The van der Waals surface area contributed by atoms with Gasteiger partial charge in [0.25, 0.3) is 5.91 Å². The van der Waals surface area contributed by atoms with Gasteiger partial charge in [0.1, 0.15) is 12.1 Å². The standard InChI is InChI=1S/C23H23N3O3/c1-15-13-17-8-3-5-11-19(17)26(15)20(27)14-25-21(28)23(24-22(25)29)12-6-9-16-7-2-4-10-18(16)23/h2-5,7-8,10-11,15H,6,9,12-14H2,1H3,(H,24,29)/t15-,23+/m1/s1. The lowest BCUT2D eigenvalue weighted by Crippen LogP contribution is -2.48. The average Bonchev–Trinajstić information content (AvgIpc) is 3.17. The first kappa shape index (κ1) is 17.9. The fraction of sp³-hybridized carbons (Fsp3) is 0.348. The predicted molar refractivity (Wildman–Crippen MR) is 108 cm³/mol. The molecule has 0 aromatic heterocycles. The predicted octanol–water partition coefficient (Wildman–Crippen LogP) is 2.75. The van der Waals surface area contributed by atoms with E-state index in [1.165, 1.54) is 0 Å². The number of carbonyl (C=O) groups excluding carboxylic acids is 3. The van der Waals surface area contributed by atoms with Crippen LogP contribution in [-0.4, -0.2) is 35.3 Å². The number of nitrogens with zero attached hydrogens (tertiary/aromatic N) is 2. The Kier molecular flexibility index (Phi) is 3.98. The Hall–Kier alpha value is -3.15. The summed E-state index contributed by atoms with van der Waals surface area (Å²) in [6, 6.07) is 15.1. The van der Waals surface area contributed by atoms with Crippen LogP contribution in [0.3, 0.4) is 0 Å². The number of carbonyl (C=O) groups is 3. The summed E-state index contributed by atoms with van der Waals surface area (Å²) in [7, 11) is 0. The molecule has 2 aromatic carbocycles. The number of anilines is 1. The van der Waals surface area contributed by atoms with E-state index in [1.54, 1.807) is 4.90 Å². The first-order chi connectivity index (χ1) is 14.0. The first-order valence-corrected chi connectivity index (χ1v) is 10.1. The van der Waals surface area contributed by atoms with Gasteiger partial charge in [0.05, 0.1) is 0 Å². The number of aryl methyl sites for hydroxylation is 1. The monoisotopic (exact) mass is 389 g/mol. The van der Waals surface area contributed by atoms with Gasteiger partial charge in [-0.2, -0.15) is 0 Å². The molecule has 2 heterocycles. The van der Waals surface area contributed by atoms with Gasteiger partial charge >= 0.3 is 6.03 Å². The van der Waals surface area contributed by atoms with Crippen LogP contribution in [0.1, 0.15) is 36.5 Å². The summed E-state index contributed by atoms with van der Waals surface area (Å²) in [6.45, 7) is 1.75. The number of hydrogen-bond donors (Lipinski definition) is 1. The number of urea groups is 1. The Morgan fingerprint density at radius 2 is 1.83 bits per heavy atom. The van der Waals surface area contributed by atoms with Gasteiger partial charge in [0, 0.05) is 11.7 Å². The van der Waals surface area contributed by atoms with E-state index in [9.17, 15) is 14.4 Å². The molecule has 0 saturated carbocycles. The van der Waals surface area contributed by atoms with Gasteiger partial charge in [-0.15, -0.1) is 0 Å². The Morgan fingerprint density at radius 3 is 2.66 bits per heavy atom. The molecule has 1 aliphatic carbocycles. The van der Waals surface area contributed by atoms with Crippen molar-refractivity contribution < 1.29 is 14.4 Å². The topological polar surface area (TPSA) is 69.7 Å². The van der Waals surface area contributed by atoms with Crippen molar-refractivity contribution in [2.75, 3.05) is 11.4 Å². The average molecular weight is 389 g/mol. The van der Waals surface area contributed by atoms with Crippen LogP contribution in [0.2, 0.25) is 0 Å². The van der Waals surface area contributed by atoms with E-state index < -0.39 is 11.6 Å². The third-order valence-electron chi connectivity index (χ3n) is 6.42. The van der Waals surface area contributed by atoms with Crippen LogP contribution in [0, 0.1) is 0 Å². The molecule has 148 valence electrons. The van der Waals surface area contributed by atoms with Crippen LogP contribution >= 0.6 is 0 Å². The number of imide groups is 1. The minimum atomic E-state index is -1.04. The number of amides is 4. The summed E-state index contributed by atoms with van der Waals surface area (Å²) in [5.74, 6) is -0.546. The van der Waals surface area contributed by atoms with Gasteiger partial charge in [0.2, 0.25) is 5.91 Å². The summed E-state index contributed by atoms with van der Waals surface area (Å²) >= 11 is 0. The molecule has 0 bridgehead atoms. The van der Waals surface area contributed by atoms with Gasteiger partial charge < -0.3 is 10.2 Å². The lowest BCUT2D eigenvalue weighted by atomic mass is 9.76. The van der Waals surface area contributed by atoms with E-state index in [0.717, 1.165) is 46.5 Å². The molecule has 5 rings (SSSR count). The van der Waals surface area contributed by atoms with Crippen molar-refractivity contribution in [1.82, 2.24) is 10.2 Å². The normalized spacial score (nSPS) is 25.2. The van der Waals surface area contributed by atoms with Crippen LogP contribution in [0.4, 0.5) is 10.5 Å². The van der Waals surface area contributed by atoms with Crippen molar-refractivity contribution in [1.29, 1.82) is 0 Å². The Balaban J connectivity index is 1.43. The molecule has 1 N–H and O–H groups in total. The zero-order valence-corrected chi connectivity index (χ0v) is 16.4. The highest BCUT2D eigenvalue weighted by Gasteiger charge is 2.54. The Labute approximate surface area is 169 Å². The van der Waals surface area contributed by atoms with Crippen molar-refractivity contribution >= 4 is 23.5 Å². The van der Waals surface area contributed by atoms with E-state index >= 15 is 0 Å². The van der Waals surface area contributed by atoms with Crippen molar-refractivity contribution in [3.05, 3.63) is 65.2 Å². The summed E-state index contributed by atoms with van der Waals surface area (Å²) in [6.07, 6.45) is 3.05. The van der Waals surface area contributed by atoms with Gasteiger partial charge in [-0.1, -0.05) is 42.5 Å². The fourth-order valence-corrected chi connectivity index (χ4v) is 5.11. The van der Waals surface area contributed by atoms with E-state index in [-0.39, 0.29) is 24.4 Å². The molecule has 3 aliphatic rings. The molecule has 2 atom stereocenters. The second-order valence-corrected chi connectivity index (χ2v) is 8.18. The van der Waals surface area contributed by atoms with Gasteiger partial charge in [-0.3, -0.25) is 14.5 Å². The summed E-state index contributed by atoms with van der Waals surface area (Å²) < 4.78 is 0. The molecular weight excluding hydrogens is 366 g/mol. The lowest BCUT2D eigenvalue weighted by Gasteiger charge is -2.33. The highest BCUT2D eigenvalue weighted by molar-refractivity contribution is 6.11. The smallest absolute Gasteiger partial charge is 0.319 e. The van der Waals surface area contributed by atoms with Gasteiger partial charge in [-0.05, 0) is 55.4 Å². The maximum Gasteiger partial charge on any atom is 0.325 e. The van der Waals surface area contributed by atoms with Gasteiger partial charge in [0.15, 0.2) is 0 Å². The highest BCUT2D eigenvalue weighted by atomic mass is 16.2. The minimum absolute atomic E-state index is 0.00466. The number of benzene rings is 2. The molecule has 4 amide bonds. The molecule has 1 fully saturated rings. The van der Waals surface area contributed by atoms with Crippen molar-refractivity contribution in [2.45, 2.75) is 44.2 Å². The molecule has 1 spiro atoms. The third kappa shape index (κ3) is 2.58. The number of hydrogen-bond acceptors (Lipinski definition) is 3. The largest absolute Gasteiger partial charge is 0.325 e. The Bertz CT molecular complexity index is 1030. The highest BCUT2D eigenvalue weighted by Crippen LogP contribution is 2.40.